The molecule has 0 spiro atoms. The Labute approximate surface area is 158 Å². The fourth-order valence-electron chi connectivity index (χ4n) is 2.07. The first-order valence-electron chi connectivity index (χ1n) is 8.11. The third-order valence-corrected chi connectivity index (χ3v) is 5.02. The molecule has 0 fully saturated rings. The van der Waals surface area contributed by atoms with E-state index in [0.717, 1.165) is 5.56 Å². The van der Waals surface area contributed by atoms with Crippen molar-refractivity contribution in [2.24, 2.45) is 0 Å². The Kier molecular flexibility index (Phi) is 7.90. The van der Waals surface area contributed by atoms with E-state index in [1.165, 1.54) is 0 Å². The van der Waals surface area contributed by atoms with Gasteiger partial charge in [0.2, 0.25) is 15.9 Å². The predicted octanol–water partition coefficient (Wildman–Crippen LogP) is 2.34. The molecule has 8 heteroatoms. The van der Waals surface area contributed by atoms with E-state index < -0.39 is 10.0 Å². The van der Waals surface area contributed by atoms with Crippen molar-refractivity contribution < 1.29 is 17.9 Å². The first-order valence-corrected chi connectivity index (χ1v) is 10.1. The largest absolute Gasteiger partial charge is 0.493 e. The maximum absolute atomic E-state index is 11.9. The number of ether oxygens (including phenoxy) is 1. The van der Waals surface area contributed by atoms with Crippen molar-refractivity contribution in [3.63, 3.8) is 0 Å². The minimum Gasteiger partial charge on any atom is -0.493 e. The number of nitrogens with one attached hydrogen (secondary N) is 2. The lowest BCUT2D eigenvalue weighted by atomic mass is 10.2. The summed E-state index contributed by atoms with van der Waals surface area (Å²) in [7, 11) is -3.45. The Bertz CT molecular complexity index is 796. The van der Waals surface area contributed by atoms with Crippen LogP contribution in [-0.4, -0.2) is 33.2 Å². The van der Waals surface area contributed by atoms with Gasteiger partial charge in [0.25, 0.3) is 0 Å². The summed E-state index contributed by atoms with van der Waals surface area (Å²) in [5.41, 5.74) is 0.874. The van der Waals surface area contributed by atoms with Crippen molar-refractivity contribution in [3.8, 4) is 5.75 Å². The first-order chi connectivity index (χ1) is 12.4. The van der Waals surface area contributed by atoms with E-state index in [0.29, 0.717) is 10.8 Å². The van der Waals surface area contributed by atoms with Gasteiger partial charge in [-0.2, -0.15) is 0 Å². The highest BCUT2D eigenvalue weighted by atomic mass is 35.5. The van der Waals surface area contributed by atoms with Crippen LogP contribution in [0.3, 0.4) is 0 Å². The zero-order chi connectivity index (χ0) is 18.8. The van der Waals surface area contributed by atoms with Crippen molar-refractivity contribution in [1.29, 1.82) is 0 Å². The van der Waals surface area contributed by atoms with Gasteiger partial charge < -0.3 is 10.1 Å². The quantitative estimate of drug-likeness (QED) is 0.645. The molecule has 0 saturated carbocycles. The van der Waals surface area contributed by atoms with E-state index in [4.69, 9.17) is 16.3 Å². The monoisotopic (exact) mass is 396 g/mol. The maximum atomic E-state index is 11.9. The van der Waals surface area contributed by atoms with E-state index in [9.17, 15) is 13.2 Å². The van der Waals surface area contributed by atoms with Crippen LogP contribution in [0.5, 0.6) is 5.75 Å². The summed E-state index contributed by atoms with van der Waals surface area (Å²) < 4.78 is 31.7. The predicted molar refractivity (Wildman–Crippen MR) is 102 cm³/mol. The van der Waals surface area contributed by atoms with Crippen molar-refractivity contribution in [3.05, 3.63) is 65.2 Å². The number of hydrogen-bond acceptors (Lipinski definition) is 4. The van der Waals surface area contributed by atoms with E-state index in [-0.39, 0.29) is 37.8 Å². The average molecular weight is 397 g/mol. The summed E-state index contributed by atoms with van der Waals surface area (Å²) in [5.74, 6) is 0.177. The molecular formula is C18H21ClN2O4S. The Hall–Kier alpha value is -2.09. The molecule has 0 aliphatic rings. The van der Waals surface area contributed by atoms with Crippen LogP contribution in [0.15, 0.2) is 54.6 Å². The fraction of sp³-hybridized carbons (Fsp3) is 0.278. The molecule has 0 aliphatic heterocycles. The maximum Gasteiger partial charge on any atom is 0.223 e. The second-order valence-corrected chi connectivity index (χ2v) is 7.89. The minimum atomic E-state index is -3.45. The van der Waals surface area contributed by atoms with E-state index in [1.54, 1.807) is 24.3 Å². The molecule has 0 saturated heterocycles. The molecular weight excluding hydrogens is 376 g/mol. The molecule has 0 radical (unpaired) electrons. The molecule has 140 valence electrons. The lowest BCUT2D eigenvalue weighted by Gasteiger charge is -2.09. The van der Waals surface area contributed by atoms with Gasteiger partial charge in [0.15, 0.2) is 0 Å². The van der Waals surface area contributed by atoms with Crippen molar-refractivity contribution in [1.82, 2.24) is 10.0 Å². The number of amides is 1. The molecule has 26 heavy (non-hydrogen) atoms. The van der Waals surface area contributed by atoms with Gasteiger partial charge in [-0.1, -0.05) is 41.9 Å². The number of sulfonamides is 1. The van der Waals surface area contributed by atoms with Crippen molar-refractivity contribution in [2.45, 2.75) is 13.0 Å². The molecule has 0 heterocycles. The van der Waals surface area contributed by atoms with E-state index in [2.05, 4.69) is 10.0 Å². The van der Waals surface area contributed by atoms with Crippen LogP contribution in [0.1, 0.15) is 12.0 Å². The molecule has 2 aromatic rings. The molecule has 0 bridgehead atoms. The minimum absolute atomic E-state index is 0.0455. The second-order valence-electron chi connectivity index (χ2n) is 5.53. The van der Waals surface area contributed by atoms with Crippen LogP contribution in [0, 0.1) is 0 Å². The molecule has 2 rings (SSSR count). The van der Waals surface area contributed by atoms with Gasteiger partial charge in [0.05, 0.1) is 18.8 Å². The first kappa shape index (κ1) is 20.2. The molecule has 1 amide bonds. The fourth-order valence-corrected chi connectivity index (χ4v) is 3.09. The topological polar surface area (TPSA) is 84.5 Å². The SMILES string of the molecule is O=C(CCOc1ccc(Cl)cc1)NCCS(=O)(=O)NCc1ccccc1. The number of rotatable bonds is 10. The molecule has 6 nitrogen and oxygen atoms in total. The Balaban J connectivity index is 1.61. The van der Waals surface area contributed by atoms with Gasteiger partial charge in [0.1, 0.15) is 5.75 Å². The molecule has 0 unspecified atom stereocenters. The van der Waals surface area contributed by atoms with Crippen LogP contribution in [0.2, 0.25) is 5.02 Å². The Morgan fingerprint density at radius 1 is 1.04 bits per heavy atom. The Morgan fingerprint density at radius 2 is 1.73 bits per heavy atom. The summed E-state index contributed by atoms with van der Waals surface area (Å²) in [4.78, 5) is 11.7. The third-order valence-electron chi connectivity index (χ3n) is 3.44. The molecule has 2 N–H and O–H groups in total. The number of carbonyl (C=O) groups is 1. The van der Waals surface area contributed by atoms with Crippen LogP contribution in [0.4, 0.5) is 0 Å². The van der Waals surface area contributed by atoms with Crippen LogP contribution in [0.25, 0.3) is 0 Å². The smallest absolute Gasteiger partial charge is 0.223 e. The highest BCUT2D eigenvalue weighted by molar-refractivity contribution is 7.89. The molecule has 2 aromatic carbocycles. The highest BCUT2D eigenvalue weighted by Gasteiger charge is 2.11. The van der Waals surface area contributed by atoms with E-state index >= 15 is 0 Å². The van der Waals surface area contributed by atoms with Gasteiger partial charge in [-0.05, 0) is 29.8 Å². The lowest BCUT2D eigenvalue weighted by Crippen LogP contribution is -2.34. The van der Waals surface area contributed by atoms with Gasteiger partial charge in [-0.15, -0.1) is 0 Å². The van der Waals surface area contributed by atoms with Crippen LogP contribution >= 0.6 is 11.6 Å². The lowest BCUT2D eigenvalue weighted by molar-refractivity contribution is -0.121. The summed E-state index contributed by atoms with van der Waals surface area (Å²) >= 11 is 5.77. The standard InChI is InChI=1S/C18H21ClN2O4S/c19-16-6-8-17(9-7-16)25-12-10-18(22)20-11-13-26(23,24)21-14-15-4-2-1-3-5-15/h1-9,21H,10-14H2,(H,20,22). The second kappa shape index (κ2) is 10.2. The van der Waals surface area contributed by atoms with Crippen LogP contribution in [-0.2, 0) is 21.4 Å². The molecule has 0 aliphatic carbocycles. The third kappa shape index (κ3) is 7.86. The number of hydrogen-bond donors (Lipinski definition) is 2. The Morgan fingerprint density at radius 3 is 2.42 bits per heavy atom. The average Bonchev–Trinajstić information content (AvgIpc) is 2.62. The van der Waals surface area contributed by atoms with Crippen molar-refractivity contribution >= 4 is 27.5 Å². The normalized spacial score (nSPS) is 11.1. The van der Waals surface area contributed by atoms with Gasteiger partial charge in [-0.25, -0.2) is 13.1 Å². The number of benzene rings is 2. The summed E-state index contributed by atoms with van der Waals surface area (Å²) in [5, 5.41) is 3.18. The van der Waals surface area contributed by atoms with Gasteiger partial charge >= 0.3 is 0 Å². The van der Waals surface area contributed by atoms with Gasteiger partial charge in [-0.3, -0.25) is 4.79 Å². The zero-order valence-corrected chi connectivity index (χ0v) is 15.7. The summed E-state index contributed by atoms with van der Waals surface area (Å²) in [6.45, 7) is 0.475. The van der Waals surface area contributed by atoms with Crippen molar-refractivity contribution in [2.75, 3.05) is 18.9 Å². The molecule has 0 atom stereocenters. The summed E-state index contributed by atoms with van der Waals surface area (Å²) in [6.07, 6.45) is 0.139. The highest BCUT2D eigenvalue weighted by Crippen LogP contribution is 2.15. The molecule has 0 aromatic heterocycles. The van der Waals surface area contributed by atoms with E-state index in [1.807, 2.05) is 30.3 Å². The zero-order valence-electron chi connectivity index (χ0n) is 14.2. The van der Waals surface area contributed by atoms with Crippen LogP contribution < -0.4 is 14.8 Å². The summed E-state index contributed by atoms with van der Waals surface area (Å²) in [6, 6.07) is 16.1. The number of halogens is 1. The van der Waals surface area contributed by atoms with Gasteiger partial charge in [0, 0.05) is 18.1 Å². The number of carbonyl (C=O) groups excluding carboxylic acids is 1.